The fourth-order valence-corrected chi connectivity index (χ4v) is 2.52. The number of carboxylic acid groups (broad SMARTS) is 1. The van der Waals surface area contributed by atoms with Crippen LogP contribution in [0.25, 0.3) is 0 Å². The molecule has 8 heteroatoms. The molecular formula is C12H15F3O5. The van der Waals surface area contributed by atoms with Crippen molar-refractivity contribution in [3.8, 4) is 0 Å². The summed E-state index contributed by atoms with van der Waals surface area (Å²) in [7, 11) is 0. The van der Waals surface area contributed by atoms with Crippen LogP contribution in [0.3, 0.4) is 0 Å². The van der Waals surface area contributed by atoms with Crippen molar-refractivity contribution in [2.75, 3.05) is 0 Å². The molecule has 114 valence electrons. The highest BCUT2D eigenvalue weighted by atomic mass is 19.4. The average molecular weight is 296 g/mol. The molecule has 0 radical (unpaired) electrons. The molecule has 1 aliphatic rings. The molecule has 1 fully saturated rings. The van der Waals surface area contributed by atoms with E-state index in [0.29, 0.717) is 0 Å². The number of carbonyl (C=O) groups excluding carboxylic acids is 2. The van der Waals surface area contributed by atoms with Crippen molar-refractivity contribution in [2.24, 2.45) is 16.7 Å². The number of aliphatic carboxylic acids is 1. The van der Waals surface area contributed by atoms with Crippen molar-refractivity contribution in [2.45, 2.75) is 39.8 Å². The van der Waals surface area contributed by atoms with Crippen LogP contribution >= 0.6 is 0 Å². The molecule has 0 aromatic rings. The SMILES string of the molecule is CC1(C(=O)O)CCC(C(=O)OC(=O)C(F)(F)F)C1(C)C. The van der Waals surface area contributed by atoms with Crippen molar-refractivity contribution in [1.82, 2.24) is 0 Å². The monoisotopic (exact) mass is 296 g/mol. The molecule has 0 bridgehead atoms. The second-order valence-corrected chi connectivity index (χ2v) is 5.66. The Bertz CT molecular complexity index is 454. The summed E-state index contributed by atoms with van der Waals surface area (Å²) >= 11 is 0. The number of alkyl halides is 3. The lowest BCUT2D eigenvalue weighted by Gasteiger charge is -2.37. The fraction of sp³-hybridized carbons (Fsp3) is 0.750. The van der Waals surface area contributed by atoms with Gasteiger partial charge in [-0.15, -0.1) is 0 Å². The first-order valence-electron chi connectivity index (χ1n) is 5.90. The summed E-state index contributed by atoms with van der Waals surface area (Å²) in [6, 6.07) is 0. The van der Waals surface area contributed by atoms with Crippen molar-refractivity contribution in [3.63, 3.8) is 0 Å². The Hall–Kier alpha value is -1.60. The van der Waals surface area contributed by atoms with Gasteiger partial charge in [-0.2, -0.15) is 13.2 Å². The normalized spacial score (nSPS) is 29.0. The van der Waals surface area contributed by atoms with E-state index in [1.807, 2.05) is 0 Å². The Balaban J connectivity index is 2.92. The molecular weight excluding hydrogens is 281 g/mol. The van der Waals surface area contributed by atoms with Crippen molar-refractivity contribution in [3.05, 3.63) is 0 Å². The lowest BCUT2D eigenvalue weighted by atomic mass is 9.66. The number of ether oxygens (including phenoxy) is 1. The molecule has 0 amide bonds. The third kappa shape index (κ3) is 2.51. The van der Waals surface area contributed by atoms with E-state index in [1.54, 1.807) is 0 Å². The first-order chi connectivity index (χ1) is 8.84. The van der Waals surface area contributed by atoms with Gasteiger partial charge in [0.2, 0.25) is 0 Å². The highest BCUT2D eigenvalue weighted by molar-refractivity contribution is 5.90. The quantitative estimate of drug-likeness (QED) is 0.623. The molecule has 5 nitrogen and oxygen atoms in total. The third-order valence-electron chi connectivity index (χ3n) is 4.41. The van der Waals surface area contributed by atoms with E-state index in [9.17, 15) is 32.7 Å². The standard InChI is InChI=1S/C12H15F3O5/c1-10(2)6(4-5-11(10,3)8(17)18)7(16)20-9(19)12(13,14)15/h6H,4-5H2,1-3H3,(H,17,18). The highest BCUT2D eigenvalue weighted by Gasteiger charge is 2.59. The van der Waals surface area contributed by atoms with Crippen LogP contribution in [-0.2, 0) is 19.1 Å². The number of esters is 2. The minimum Gasteiger partial charge on any atom is -0.481 e. The molecule has 1 rings (SSSR count). The van der Waals surface area contributed by atoms with Gasteiger partial charge < -0.3 is 9.84 Å². The van der Waals surface area contributed by atoms with E-state index in [0.717, 1.165) is 0 Å². The number of carbonyl (C=O) groups is 3. The fourth-order valence-electron chi connectivity index (χ4n) is 2.52. The van der Waals surface area contributed by atoms with Gasteiger partial charge in [0.05, 0.1) is 11.3 Å². The zero-order chi connectivity index (χ0) is 15.9. The second-order valence-electron chi connectivity index (χ2n) is 5.66. The maximum atomic E-state index is 12.0. The predicted molar refractivity (Wildman–Crippen MR) is 59.4 cm³/mol. The summed E-state index contributed by atoms with van der Waals surface area (Å²) in [4.78, 5) is 33.6. The molecule has 0 heterocycles. The first kappa shape index (κ1) is 16.5. The Labute approximate surface area is 113 Å². The summed E-state index contributed by atoms with van der Waals surface area (Å²) in [6.07, 6.45) is -5.08. The van der Waals surface area contributed by atoms with E-state index >= 15 is 0 Å². The molecule has 0 aromatic heterocycles. The van der Waals surface area contributed by atoms with E-state index in [1.165, 1.54) is 20.8 Å². The molecule has 1 N–H and O–H groups in total. The third-order valence-corrected chi connectivity index (χ3v) is 4.41. The van der Waals surface area contributed by atoms with Gasteiger partial charge >= 0.3 is 24.1 Å². The molecule has 1 aliphatic carbocycles. The van der Waals surface area contributed by atoms with Crippen LogP contribution in [0, 0.1) is 16.7 Å². The Morgan fingerprint density at radius 3 is 2.05 bits per heavy atom. The molecule has 0 aromatic carbocycles. The zero-order valence-electron chi connectivity index (χ0n) is 11.2. The number of hydrogen-bond donors (Lipinski definition) is 1. The topological polar surface area (TPSA) is 80.7 Å². The van der Waals surface area contributed by atoms with Crippen molar-refractivity contribution < 1.29 is 37.4 Å². The Morgan fingerprint density at radius 2 is 1.70 bits per heavy atom. The Kier molecular flexibility index (Phi) is 3.91. The molecule has 0 saturated heterocycles. The van der Waals surface area contributed by atoms with Crippen LogP contribution in [0.4, 0.5) is 13.2 Å². The van der Waals surface area contributed by atoms with E-state index in [-0.39, 0.29) is 12.8 Å². The zero-order valence-corrected chi connectivity index (χ0v) is 11.2. The lowest BCUT2D eigenvalue weighted by Crippen LogP contribution is -2.43. The van der Waals surface area contributed by atoms with E-state index in [2.05, 4.69) is 4.74 Å². The smallest absolute Gasteiger partial charge is 0.481 e. The van der Waals surface area contributed by atoms with Crippen LogP contribution in [0.5, 0.6) is 0 Å². The number of halogens is 3. The summed E-state index contributed by atoms with van der Waals surface area (Å²) in [5.74, 6) is -6.13. The summed E-state index contributed by atoms with van der Waals surface area (Å²) in [6.45, 7) is 4.37. The number of hydrogen-bond acceptors (Lipinski definition) is 4. The highest BCUT2D eigenvalue weighted by Crippen LogP contribution is 2.56. The van der Waals surface area contributed by atoms with Gasteiger partial charge in [-0.25, -0.2) is 4.79 Å². The van der Waals surface area contributed by atoms with Gasteiger partial charge in [0.15, 0.2) is 0 Å². The van der Waals surface area contributed by atoms with Gasteiger partial charge in [0.25, 0.3) is 0 Å². The minimum atomic E-state index is -5.26. The summed E-state index contributed by atoms with van der Waals surface area (Å²) in [5.41, 5.74) is -2.39. The average Bonchev–Trinajstić information content (AvgIpc) is 2.50. The number of carboxylic acids is 1. The molecule has 0 aliphatic heterocycles. The van der Waals surface area contributed by atoms with Gasteiger partial charge in [-0.3, -0.25) is 9.59 Å². The van der Waals surface area contributed by atoms with Crippen molar-refractivity contribution in [1.29, 1.82) is 0 Å². The predicted octanol–water partition coefficient (Wildman–Crippen LogP) is 2.15. The minimum absolute atomic E-state index is 0.0553. The molecule has 20 heavy (non-hydrogen) atoms. The van der Waals surface area contributed by atoms with Crippen LogP contribution in [0.1, 0.15) is 33.6 Å². The summed E-state index contributed by atoms with van der Waals surface area (Å²) < 4.78 is 40.0. The lowest BCUT2D eigenvalue weighted by molar-refractivity contribution is -0.204. The maximum Gasteiger partial charge on any atom is 0.491 e. The molecule has 1 saturated carbocycles. The van der Waals surface area contributed by atoms with Crippen LogP contribution < -0.4 is 0 Å². The van der Waals surface area contributed by atoms with Crippen LogP contribution in [-0.4, -0.2) is 29.2 Å². The van der Waals surface area contributed by atoms with Gasteiger partial charge in [0.1, 0.15) is 0 Å². The molecule has 2 atom stereocenters. The maximum absolute atomic E-state index is 12.0. The number of rotatable bonds is 2. The second kappa shape index (κ2) is 4.75. The van der Waals surface area contributed by atoms with Gasteiger partial charge in [-0.05, 0) is 25.2 Å². The first-order valence-corrected chi connectivity index (χ1v) is 5.90. The van der Waals surface area contributed by atoms with Gasteiger partial charge in [-0.1, -0.05) is 13.8 Å². The van der Waals surface area contributed by atoms with Gasteiger partial charge in [0, 0.05) is 0 Å². The molecule has 2 unspecified atom stereocenters. The van der Waals surface area contributed by atoms with E-state index < -0.39 is 40.8 Å². The van der Waals surface area contributed by atoms with E-state index in [4.69, 9.17) is 0 Å². The van der Waals surface area contributed by atoms with Crippen LogP contribution in [0.15, 0.2) is 0 Å². The van der Waals surface area contributed by atoms with Crippen molar-refractivity contribution >= 4 is 17.9 Å². The Morgan fingerprint density at radius 1 is 1.20 bits per heavy atom. The molecule has 0 spiro atoms. The van der Waals surface area contributed by atoms with Crippen LogP contribution in [0.2, 0.25) is 0 Å². The largest absolute Gasteiger partial charge is 0.491 e. The summed E-state index contributed by atoms with van der Waals surface area (Å²) in [5, 5.41) is 9.22.